The molecule has 0 saturated carbocycles. The molecule has 26 heavy (non-hydrogen) atoms. The number of aryl methyl sites for hydroxylation is 1. The van der Waals surface area contributed by atoms with Gasteiger partial charge in [-0.25, -0.2) is 0 Å². The van der Waals surface area contributed by atoms with Gasteiger partial charge in [-0.15, -0.1) is 0 Å². The molecule has 3 rings (SSSR count). The molecule has 0 bridgehead atoms. The third-order valence-electron chi connectivity index (χ3n) is 4.70. The van der Waals surface area contributed by atoms with E-state index in [9.17, 15) is 9.59 Å². The first kappa shape index (κ1) is 18.0. The Morgan fingerprint density at radius 1 is 1.08 bits per heavy atom. The Labute approximate surface area is 154 Å². The molecule has 1 aromatic heterocycles. The number of methoxy groups -OCH3 is 1. The molecule has 0 atom stereocenters. The minimum Gasteiger partial charge on any atom is -0.497 e. The largest absolute Gasteiger partial charge is 0.497 e. The first-order valence-electron chi connectivity index (χ1n) is 8.89. The van der Waals surface area contributed by atoms with E-state index in [4.69, 9.17) is 4.74 Å². The van der Waals surface area contributed by atoms with E-state index < -0.39 is 0 Å². The number of ether oxygens (including phenoxy) is 1. The zero-order valence-corrected chi connectivity index (χ0v) is 15.4. The second kappa shape index (κ2) is 8.08. The van der Waals surface area contributed by atoms with Gasteiger partial charge in [0.25, 0.3) is 5.91 Å². The van der Waals surface area contributed by atoms with Gasteiger partial charge in [-0.05, 0) is 36.2 Å². The summed E-state index contributed by atoms with van der Waals surface area (Å²) in [6.45, 7) is 2.47. The molecule has 0 N–H and O–H groups in total. The van der Waals surface area contributed by atoms with Gasteiger partial charge in [-0.1, -0.05) is 6.07 Å². The monoisotopic (exact) mass is 355 g/mol. The van der Waals surface area contributed by atoms with E-state index in [1.54, 1.807) is 19.2 Å². The quantitative estimate of drug-likeness (QED) is 0.842. The number of hydrogen-bond acceptors (Lipinski definition) is 3. The SMILES string of the molecule is COc1cccc(C(=O)N2CCCN(C(=O)Cc3ccn(C)c3)CC2)c1. The molecule has 138 valence electrons. The molecule has 2 amide bonds. The van der Waals surface area contributed by atoms with Crippen molar-refractivity contribution in [1.29, 1.82) is 0 Å². The van der Waals surface area contributed by atoms with Gasteiger partial charge in [-0.2, -0.15) is 0 Å². The highest BCUT2D eigenvalue weighted by Crippen LogP contribution is 2.16. The molecule has 1 fully saturated rings. The Morgan fingerprint density at radius 3 is 2.58 bits per heavy atom. The third-order valence-corrected chi connectivity index (χ3v) is 4.70. The van der Waals surface area contributed by atoms with E-state index in [0.717, 1.165) is 12.0 Å². The Morgan fingerprint density at radius 2 is 1.85 bits per heavy atom. The number of benzene rings is 1. The average molecular weight is 355 g/mol. The maximum absolute atomic E-state index is 12.8. The number of amides is 2. The number of aromatic nitrogens is 1. The Hall–Kier alpha value is -2.76. The number of carbonyl (C=O) groups excluding carboxylic acids is 2. The van der Waals surface area contributed by atoms with Crippen LogP contribution in [0.1, 0.15) is 22.3 Å². The standard InChI is InChI=1S/C20H25N3O3/c1-21-10-7-16(15-21)13-19(24)22-8-4-9-23(12-11-22)20(25)17-5-3-6-18(14-17)26-2/h3,5-7,10,14-15H,4,8-9,11-13H2,1-2H3. The molecule has 1 aliphatic heterocycles. The molecule has 6 heteroatoms. The lowest BCUT2D eigenvalue weighted by molar-refractivity contribution is -0.130. The van der Waals surface area contributed by atoms with Crippen LogP contribution in [0.25, 0.3) is 0 Å². The highest BCUT2D eigenvalue weighted by atomic mass is 16.5. The van der Waals surface area contributed by atoms with Crippen LogP contribution in [0.5, 0.6) is 5.75 Å². The fourth-order valence-corrected chi connectivity index (χ4v) is 3.26. The molecule has 0 unspecified atom stereocenters. The summed E-state index contributed by atoms with van der Waals surface area (Å²) in [4.78, 5) is 29.0. The first-order chi connectivity index (χ1) is 12.6. The molecule has 2 heterocycles. The summed E-state index contributed by atoms with van der Waals surface area (Å²) in [5.74, 6) is 0.776. The van der Waals surface area contributed by atoms with E-state index in [-0.39, 0.29) is 11.8 Å². The van der Waals surface area contributed by atoms with E-state index in [1.165, 1.54) is 0 Å². The lowest BCUT2D eigenvalue weighted by Crippen LogP contribution is -2.38. The van der Waals surface area contributed by atoms with Gasteiger partial charge in [0.05, 0.1) is 13.5 Å². The van der Waals surface area contributed by atoms with Crippen LogP contribution in [0.4, 0.5) is 0 Å². The normalized spacial score (nSPS) is 14.8. The second-order valence-corrected chi connectivity index (χ2v) is 6.62. The van der Waals surface area contributed by atoms with Crippen molar-refractivity contribution in [2.24, 2.45) is 7.05 Å². The van der Waals surface area contributed by atoms with Crippen LogP contribution < -0.4 is 4.74 Å². The van der Waals surface area contributed by atoms with Crippen LogP contribution in [0, 0.1) is 0 Å². The molecule has 1 saturated heterocycles. The average Bonchev–Trinajstić information content (AvgIpc) is 2.92. The first-order valence-corrected chi connectivity index (χ1v) is 8.89. The summed E-state index contributed by atoms with van der Waals surface area (Å²) in [6, 6.07) is 9.16. The number of hydrogen-bond donors (Lipinski definition) is 0. The predicted octanol–water partition coefficient (Wildman–Crippen LogP) is 1.95. The zero-order chi connectivity index (χ0) is 18.5. The number of carbonyl (C=O) groups is 2. The van der Waals surface area contributed by atoms with Gasteiger partial charge >= 0.3 is 0 Å². The van der Waals surface area contributed by atoms with Crippen molar-refractivity contribution in [2.75, 3.05) is 33.3 Å². The lowest BCUT2D eigenvalue weighted by atomic mass is 10.2. The molecule has 1 aliphatic rings. The number of rotatable bonds is 4. The summed E-state index contributed by atoms with van der Waals surface area (Å²) < 4.78 is 7.14. The topological polar surface area (TPSA) is 54.8 Å². The summed E-state index contributed by atoms with van der Waals surface area (Å²) in [7, 11) is 3.54. The third kappa shape index (κ3) is 4.25. The van der Waals surface area contributed by atoms with Crippen LogP contribution >= 0.6 is 0 Å². The van der Waals surface area contributed by atoms with Crippen molar-refractivity contribution in [2.45, 2.75) is 12.8 Å². The van der Waals surface area contributed by atoms with Crippen LogP contribution in [0.3, 0.4) is 0 Å². The van der Waals surface area contributed by atoms with Crippen molar-refractivity contribution in [3.63, 3.8) is 0 Å². The molecule has 0 aliphatic carbocycles. The van der Waals surface area contributed by atoms with Crippen LogP contribution in [-0.4, -0.2) is 59.5 Å². The van der Waals surface area contributed by atoms with E-state index in [0.29, 0.717) is 43.9 Å². The Balaban J connectivity index is 1.60. The fraction of sp³-hybridized carbons (Fsp3) is 0.400. The maximum atomic E-state index is 12.8. The minimum atomic E-state index is -0.0127. The second-order valence-electron chi connectivity index (χ2n) is 6.62. The van der Waals surface area contributed by atoms with Gasteiger partial charge in [0, 0.05) is 51.2 Å². The summed E-state index contributed by atoms with van der Waals surface area (Å²) in [6.07, 6.45) is 5.11. The van der Waals surface area contributed by atoms with Gasteiger partial charge in [-0.3, -0.25) is 9.59 Å². The Bertz CT molecular complexity index is 784. The van der Waals surface area contributed by atoms with Crippen molar-refractivity contribution in [1.82, 2.24) is 14.4 Å². The Kier molecular flexibility index (Phi) is 5.61. The molecular weight excluding hydrogens is 330 g/mol. The molecule has 1 aromatic carbocycles. The highest BCUT2D eigenvalue weighted by Gasteiger charge is 2.23. The minimum absolute atomic E-state index is 0.0127. The number of nitrogens with zero attached hydrogens (tertiary/aromatic N) is 3. The van der Waals surface area contributed by atoms with Crippen molar-refractivity contribution in [3.05, 3.63) is 53.9 Å². The van der Waals surface area contributed by atoms with Crippen LogP contribution in [0.15, 0.2) is 42.7 Å². The zero-order valence-electron chi connectivity index (χ0n) is 15.4. The molecular formula is C20H25N3O3. The summed E-state index contributed by atoms with van der Waals surface area (Å²) in [5.41, 5.74) is 1.64. The van der Waals surface area contributed by atoms with Gasteiger partial charge < -0.3 is 19.1 Å². The highest BCUT2D eigenvalue weighted by molar-refractivity contribution is 5.94. The fourth-order valence-electron chi connectivity index (χ4n) is 3.26. The predicted molar refractivity (Wildman–Crippen MR) is 99.2 cm³/mol. The molecule has 0 radical (unpaired) electrons. The van der Waals surface area contributed by atoms with E-state index >= 15 is 0 Å². The maximum Gasteiger partial charge on any atom is 0.254 e. The summed E-state index contributed by atoms with van der Waals surface area (Å²) in [5, 5.41) is 0. The van der Waals surface area contributed by atoms with Gasteiger partial charge in [0.15, 0.2) is 0 Å². The lowest BCUT2D eigenvalue weighted by Gasteiger charge is -2.22. The van der Waals surface area contributed by atoms with E-state index in [1.807, 2.05) is 52.0 Å². The van der Waals surface area contributed by atoms with Gasteiger partial charge in [0.1, 0.15) is 5.75 Å². The van der Waals surface area contributed by atoms with Crippen molar-refractivity contribution in [3.8, 4) is 5.75 Å². The van der Waals surface area contributed by atoms with Crippen molar-refractivity contribution >= 4 is 11.8 Å². The van der Waals surface area contributed by atoms with Crippen LogP contribution in [-0.2, 0) is 18.3 Å². The molecule has 0 spiro atoms. The molecule has 2 aromatic rings. The van der Waals surface area contributed by atoms with E-state index in [2.05, 4.69) is 0 Å². The molecule has 6 nitrogen and oxygen atoms in total. The smallest absolute Gasteiger partial charge is 0.254 e. The van der Waals surface area contributed by atoms with Crippen LogP contribution in [0.2, 0.25) is 0 Å². The summed E-state index contributed by atoms with van der Waals surface area (Å²) >= 11 is 0. The van der Waals surface area contributed by atoms with Gasteiger partial charge in [0.2, 0.25) is 5.91 Å². The van der Waals surface area contributed by atoms with Crippen molar-refractivity contribution < 1.29 is 14.3 Å².